The predicted molar refractivity (Wildman–Crippen MR) is 116 cm³/mol. The molecule has 2 N–H and O–H groups in total. The highest BCUT2D eigenvalue weighted by atomic mass is 16.5. The molecule has 1 aliphatic carbocycles. The van der Waals surface area contributed by atoms with E-state index in [0.717, 1.165) is 30.0 Å². The molecule has 2 fully saturated rings. The van der Waals surface area contributed by atoms with Crippen molar-refractivity contribution in [2.75, 3.05) is 6.54 Å². The maximum Gasteiger partial charge on any atom is 0.257 e. The number of rotatable bonds is 5. The molecular formula is C25H27N3O2. The number of benzene rings is 2. The van der Waals surface area contributed by atoms with Gasteiger partial charge in [-0.2, -0.15) is 0 Å². The lowest BCUT2D eigenvalue weighted by Gasteiger charge is -2.35. The van der Waals surface area contributed by atoms with Crippen LogP contribution in [0.15, 0.2) is 59.3 Å². The van der Waals surface area contributed by atoms with E-state index in [2.05, 4.69) is 40.1 Å². The summed E-state index contributed by atoms with van der Waals surface area (Å²) in [5.41, 5.74) is 5.62. The molecule has 1 saturated carbocycles. The number of fused-ring (bicyclic) bond motifs is 2. The molecule has 2 atom stereocenters. The van der Waals surface area contributed by atoms with Crippen molar-refractivity contribution in [3.05, 3.63) is 77.0 Å². The summed E-state index contributed by atoms with van der Waals surface area (Å²) in [6.45, 7) is 3.61. The molecule has 5 rings (SSSR count). The summed E-state index contributed by atoms with van der Waals surface area (Å²) in [6.07, 6.45) is 6.38. The molecule has 2 aromatic carbocycles. The summed E-state index contributed by atoms with van der Waals surface area (Å²) < 4.78 is 5.15. The molecule has 2 bridgehead atoms. The summed E-state index contributed by atoms with van der Waals surface area (Å²) in [6, 6.07) is 16.4. The van der Waals surface area contributed by atoms with Crippen molar-refractivity contribution in [2.24, 2.45) is 5.92 Å². The van der Waals surface area contributed by atoms with E-state index in [1.807, 2.05) is 31.2 Å². The molecular weight excluding hydrogens is 374 g/mol. The van der Waals surface area contributed by atoms with E-state index < -0.39 is 0 Å². The molecule has 154 valence electrons. The van der Waals surface area contributed by atoms with Crippen LogP contribution in [0.25, 0.3) is 11.3 Å². The minimum Gasteiger partial charge on any atom is -0.363 e. The zero-order valence-corrected chi connectivity index (χ0v) is 17.3. The van der Waals surface area contributed by atoms with Gasteiger partial charge in [-0.3, -0.25) is 4.79 Å². The molecule has 5 nitrogen and oxygen atoms in total. The largest absolute Gasteiger partial charge is 0.363 e. The number of nitrogens with one attached hydrogen (secondary N) is 2. The van der Waals surface area contributed by atoms with Gasteiger partial charge in [-0.25, -0.2) is 0 Å². The minimum atomic E-state index is -0.166. The van der Waals surface area contributed by atoms with Crippen LogP contribution >= 0.6 is 0 Å². The van der Waals surface area contributed by atoms with E-state index in [1.165, 1.54) is 36.7 Å². The van der Waals surface area contributed by atoms with Crippen molar-refractivity contribution in [1.82, 2.24) is 15.8 Å². The maximum atomic E-state index is 13.0. The number of hydrogen-bond acceptors (Lipinski definition) is 4. The van der Waals surface area contributed by atoms with Gasteiger partial charge in [0.25, 0.3) is 5.91 Å². The molecule has 0 spiro atoms. The molecule has 30 heavy (non-hydrogen) atoms. The van der Waals surface area contributed by atoms with Crippen molar-refractivity contribution in [2.45, 2.75) is 44.7 Å². The summed E-state index contributed by atoms with van der Waals surface area (Å²) in [5.74, 6) is 0.608. The predicted octanol–water partition coefficient (Wildman–Crippen LogP) is 4.57. The number of aryl methyl sites for hydroxylation is 1. The fourth-order valence-corrected chi connectivity index (χ4v) is 5.21. The first-order valence-corrected chi connectivity index (χ1v) is 10.8. The zero-order valence-electron chi connectivity index (χ0n) is 17.3. The monoisotopic (exact) mass is 401 g/mol. The van der Waals surface area contributed by atoms with E-state index in [0.29, 0.717) is 17.8 Å². The number of carbonyl (C=O) groups excluding carboxylic acids is 1. The van der Waals surface area contributed by atoms with Crippen LogP contribution in [-0.4, -0.2) is 17.6 Å². The molecule has 3 aromatic rings. The lowest BCUT2D eigenvalue weighted by Crippen LogP contribution is -2.38. The van der Waals surface area contributed by atoms with Crippen molar-refractivity contribution >= 4 is 5.91 Å². The fourth-order valence-electron chi connectivity index (χ4n) is 5.21. The Morgan fingerprint density at radius 1 is 1.27 bits per heavy atom. The first-order chi connectivity index (χ1) is 14.6. The summed E-state index contributed by atoms with van der Waals surface area (Å²) in [7, 11) is 0. The second kappa shape index (κ2) is 7.73. The second-order valence-electron chi connectivity index (χ2n) is 8.71. The average molecular weight is 402 g/mol. The Labute approximate surface area is 176 Å². The van der Waals surface area contributed by atoms with E-state index in [-0.39, 0.29) is 11.4 Å². The molecule has 2 aliphatic rings. The first-order valence-electron chi connectivity index (χ1n) is 10.8. The van der Waals surface area contributed by atoms with Gasteiger partial charge in [0.1, 0.15) is 17.5 Å². The van der Waals surface area contributed by atoms with Gasteiger partial charge in [0.15, 0.2) is 0 Å². The summed E-state index contributed by atoms with van der Waals surface area (Å²) >= 11 is 0. The van der Waals surface area contributed by atoms with Gasteiger partial charge in [0.2, 0.25) is 0 Å². The Kier molecular flexibility index (Phi) is 4.91. The molecule has 1 aromatic heterocycles. The van der Waals surface area contributed by atoms with Crippen LogP contribution in [0.5, 0.6) is 0 Å². The number of nitrogens with zero attached hydrogens (tertiary/aromatic N) is 1. The van der Waals surface area contributed by atoms with Crippen LogP contribution in [0.2, 0.25) is 0 Å². The third-order valence-electron chi connectivity index (χ3n) is 6.66. The maximum absolute atomic E-state index is 13.0. The molecule has 1 aliphatic heterocycles. The number of hydrogen-bond donors (Lipinski definition) is 2. The highest BCUT2D eigenvalue weighted by molar-refractivity contribution is 5.99. The van der Waals surface area contributed by atoms with Gasteiger partial charge < -0.3 is 15.2 Å². The highest BCUT2D eigenvalue weighted by Gasteiger charge is 2.43. The van der Waals surface area contributed by atoms with Crippen LogP contribution in [0.1, 0.15) is 52.7 Å². The molecule has 5 heteroatoms. The van der Waals surface area contributed by atoms with Gasteiger partial charge >= 0.3 is 0 Å². The lowest BCUT2D eigenvalue weighted by atomic mass is 9.74. The minimum absolute atomic E-state index is 0.0637. The lowest BCUT2D eigenvalue weighted by molar-refractivity contribution is 0.0950. The molecule has 1 saturated heterocycles. The normalized spacial score (nSPS) is 22.8. The zero-order chi connectivity index (χ0) is 20.6. The number of amides is 1. The standard InChI is InChI=1S/C25H27N3O2/c1-17-6-4-9-19(12-17)23-21(16-30-28-23)24(29)26-15-20-8-2-3-10-22(20)25-11-5-7-18(13-25)14-27-25/h2-4,6,8-10,12,16,18,27H,5,7,11,13-15H2,1H3,(H,26,29). The third-order valence-corrected chi connectivity index (χ3v) is 6.66. The SMILES string of the molecule is Cc1cccc(-c2nocc2C(=O)NCc2ccccc2C23CCCC(CN2)C3)c1. The Morgan fingerprint density at radius 3 is 3.07 bits per heavy atom. The van der Waals surface area contributed by atoms with E-state index in [9.17, 15) is 4.79 Å². The van der Waals surface area contributed by atoms with Crippen molar-refractivity contribution in [3.63, 3.8) is 0 Å². The van der Waals surface area contributed by atoms with Gasteiger partial charge in [-0.15, -0.1) is 0 Å². The topological polar surface area (TPSA) is 67.2 Å². The second-order valence-corrected chi connectivity index (χ2v) is 8.71. The Balaban J connectivity index is 1.36. The Bertz CT molecular complexity index is 1070. The summed E-state index contributed by atoms with van der Waals surface area (Å²) in [4.78, 5) is 13.0. The Morgan fingerprint density at radius 2 is 2.17 bits per heavy atom. The van der Waals surface area contributed by atoms with E-state index >= 15 is 0 Å². The van der Waals surface area contributed by atoms with Gasteiger partial charge in [0.05, 0.1) is 0 Å². The van der Waals surface area contributed by atoms with Gasteiger partial charge in [-0.1, -0.05) is 59.6 Å². The van der Waals surface area contributed by atoms with Crippen LogP contribution in [0, 0.1) is 12.8 Å². The molecule has 2 unspecified atom stereocenters. The van der Waals surface area contributed by atoms with E-state index in [4.69, 9.17) is 4.52 Å². The molecule has 2 heterocycles. The Hall–Kier alpha value is -2.92. The van der Waals surface area contributed by atoms with Crippen LogP contribution in [0.4, 0.5) is 0 Å². The van der Waals surface area contributed by atoms with Gasteiger partial charge in [-0.05, 0) is 55.8 Å². The van der Waals surface area contributed by atoms with Crippen molar-refractivity contribution < 1.29 is 9.32 Å². The number of carbonyl (C=O) groups is 1. The first kappa shape index (κ1) is 19.1. The average Bonchev–Trinajstić information content (AvgIpc) is 3.37. The highest BCUT2D eigenvalue weighted by Crippen LogP contribution is 2.45. The van der Waals surface area contributed by atoms with Crippen LogP contribution < -0.4 is 10.6 Å². The summed E-state index contributed by atoms with van der Waals surface area (Å²) in [5, 5.41) is 11.0. The fraction of sp³-hybridized carbons (Fsp3) is 0.360. The van der Waals surface area contributed by atoms with Crippen LogP contribution in [0.3, 0.4) is 0 Å². The van der Waals surface area contributed by atoms with E-state index in [1.54, 1.807) is 0 Å². The van der Waals surface area contributed by atoms with Crippen LogP contribution in [-0.2, 0) is 12.1 Å². The third kappa shape index (κ3) is 3.43. The van der Waals surface area contributed by atoms with Crippen molar-refractivity contribution in [3.8, 4) is 11.3 Å². The smallest absolute Gasteiger partial charge is 0.257 e. The quantitative estimate of drug-likeness (QED) is 0.657. The van der Waals surface area contributed by atoms with Crippen molar-refractivity contribution in [1.29, 1.82) is 0 Å². The molecule has 1 amide bonds. The number of aromatic nitrogens is 1. The van der Waals surface area contributed by atoms with Gasteiger partial charge in [0, 0.05) is 17.6 Å². The molecule has 0 radical (unpaired) electrons.